The summed E-state index contributed by atoms with van der Waals surface area (Å²) in [6, 6.07) is 16.3. The highest BCUT2D eigenvalue weighted by Gasteiger charge is 2.32. The highest BCUT2D eigenvalue weighted by molar-refractivity contribution is 7.17. The van der Waals surface area contributed by atoms with E-state index in [4.69, 9.17) is 15.7 Å². The predicted octanol–water partition coefficient (Wildman–Crippen LogP) is 4.51. The molecule has 0 aliphatic carbocycles. The number of aromatic nitrogens is 3. The van der Waals surface area contributed by atoms with Crippen molar-refractivity contribution in [3.8, 4) is 22.6 Å². The van der Waals surface area contributed by atoms with Crippen molar-refractivity contribution < 1.29 is 4.79 Å². The van der Waals surface area contributed by atoms with Gasteiger partial charge in [-0.2, -0.15) is 0 Å². The second kappa shape index (κ2) is 8.07. The van der Waals surface area contributed by atoms with Gasteiger partial charge in [0.05, 0.1) is 11.3 Å². The molecule has 0 radical (unpaired) electrons. The monoisotopic (exact) mass is 429 g/mol. The number of carbonyl (C=O) groups is 1. The van der Waals surface area contributed by atoms with E-state index in [1.165, 1.54) is 0 Å². The van der Waals surface area contributed by atoms with E-state index >= 15 is 0 Å². The van der Waals surface area contributed by atoms with Crippen LogP contribution in [-0.4, -0.2) is 33.4 Å². The molecule has 1 fully saturated rings. The minimum atomic E-state index is -0.249. The van der Waals surface area contributed by atoms with Gasteiger partial charge in [-0.25, -0.2) is 9.97 Å². The van der Waals surface area contributed by atoms with Crippen LogP contribution >= 0.6 is 11.3 Å². The third-order valence-electron chi connectivity index (χ3n) is 5.95. The minimum Gasteiger partial charge on any atom is -0.369 e. The molecule has 0 bridgehead atoms. The van der Waals surface area contributed by atoms with Gasteiger partial charge in [0.25, 0.3) is 0 Å². The Morgan fingerprint density at radius 3 is 2.65 bits per heavy atom. The lowest BCUT2D eigenvalue weighted by Crippen LogP contribution is -2.46. The molecule has 6 nitrogen and oxygen atoms in total. The van der Waals surface area contributed by atoms with Gasteiger partial charge < -0.3 is 10.6 Å². The van der Waals surface area contributed by atoms with Gasteiger partial charge in [-0.1, -0.05) is 36.4 Å². The standard InChI is InChI=1S/C24H23N5OS/c1-15-10-11-17(21(25)30)13-29(15)23-20-18(16-7-3-2-4-8-16)14-31-24(20)28-22(27-23)19-9-5-6-12-26-19/h2-9,12,14-15,17H,10-11,13H2,1H3,(H2,25,30)/t15-,17-/m1/s1. The number of pyridine rings is 1. The summed E-state index contributed by atoms with van der Waals surface area (Å²) in [6.07, 6.45) is 3.45. The molecule has 31 heavy (non-hydrogen) atoms. The van der Waals surface area contributed by atoms with Crippen LogP contribution in [0.1, 0.15) is 19.8 Å². The van der Waals surface area contributed by atoms with Crippen molar-refractivity contribution in [3.63, 3.8) is 0 Å². The fourth-order valence-electron chi connectivity index (χ4n) is 4.21. The van der Waals surface area contributed by atoms with Gasteiger partial charge in [0.1, 0.15) is 16.3 Å². The summed E-state index contributed by atoms with van der Waals surface area (Å²) in [5.41, 5.74) is 8.65. The zero-order valence-electron chi connectivity index (χ0n) is 17.2. The molecular formula is C24H23N5OS. The highest BCUT2D eigenvalue weighted by Crippen LogP contribution is 2.41. The summed E-state index contributed by atoms with van der Waals surface area (Å²) in [6.45, 7) is 2.74. The van der Waals surface area contributed by atoms with Gasteiger partial charge in [0, 0.05) is 29.7 Å². The Labute approximate surface area is 184 Å². The number of nitrogens with two attached hydrogens (primary N) is 1. The zero-order chi connectivity index (χ0) is 21.4. The van der Waals surface area contributed by atoms with E-state index in [-0.39, 0.29) is 17.9 Å². The summed E-state index contributed by atoms with van der Waals surface area (Å²) in [7, 11) is 0. The normalized spacial score (nSPS) is 18.9. The first-order valence-corrected chi connectivity index (χ1v) is 11.3. The average Bonchev–Trinajstić information content (AvgIpc) is 3.24. The molecule has 1 aliphatic heterocycles. The van der Waals surface area contributed by atoms with Crippen LogP contribution in [0.5, 0.6) is 0 Å². The van der Waals surface area contributed by atoms with Crippen LogP contribution in [0.4, 0.5) is 5.82 Å². The van der Waals surface area contributed by atoms with Crippen molar-refractivity contribution in [2.75, 3.05) is 11.4 Å². The number of thiophene rings is 1. The lowest BCUT2D eigenvalue weighted by atomic mass is 9.92. The number of hydrogen-bond acceptors (Lipinski definition) is 6. The van der Waals surface area contributed by atoms with Crippen molar-refractivity contribution in [2.45, 2.75) is 25.8 Å². The maximum Gasteiger partial charge on any atom is 0.222 e. The lowest BCUT2D eigenvalue weighted by Gasteiger charge is -2.38. The number of fused-ring (bicyclic) bond motifs is 1. The summed E-state index contributed by atoms with van der Waals surface area (Å²) < 4.78 is 0. The number of nitrogens with zero attached hydrogens (tertiary/aromatic N) is 4. The zero-order valence-corrected chi connectivity index (χ0v) is 18.0. The first-order valence-electron chi connectivity index (χ1n) is 10.4. The molecule has 4 heterocycles. The van der Waals surface area contributed by atoms with Gasteiger partial charge in [0.2, 0.25) is 5.91 Å². The van der Waals surface area contributed by atoms with E-state index in [2.05, 4.69) is 34.3 Å². The first-order chi connectivity index (χ1) is 15.1. The number of piperidine rings is 1. The Hall–Kier alpha value is -3.32. The Kier molecular flexibility index (Phi) is 5.11. The number of anilines is 1. The van der Waals surface area contributed by atoms with E-state index in [1.807, 2.05) is 36.4 Å². The second-order valence-corrected chi connectivity index (χ2v) is 8.82. The Balaban J connectivity index is 1.73. The van der Waals surface area contributed by atoms with E-state index in [9.17, 15) is 4.79 Å². The fraction of sp³-hybridized carbons (Fsp3) is 0.250. The van der Waals surface area contributed by atoms with Gasteiger partial charge in [-0.3, -0.25) is 9.78 Å². The Bertz CT molecular complexity index is 1220. The van der Waals surface area contributed by atoms with Crippen LogP contribution in [0.25, 0.3) is 32.9 Å². The number of rotatable bonds is 4. The molecule has 0 saturated carbocycles. The molecule has 2 atom stereocenters. The third kappa shape index (κ3) is 3.65. The molecule has 1 aliphatic rings. The number of amides is 1. The largest absolute Gasteiger partial charge is 0.369 e. The number of primary amides is 1. The highest BCUT2D eigenvalue weighted by atomic mass is 32.1. The minimum absolute atomic E-state index is 0.182. The van der Waals surface area contributed by atoms with Gasteiger partial charge in [-0.15, -0.1) is 11.3 Å². The molecule has 7 heteroatoms. The van der Waals surface area contributed by atoms with E-state index in [0.717, 1.165) is 45.7 Å². The summed E-state index contributed by atoms with van der Waals surface area (Å²) in [4.78, 5) is 29.4. The molecular weight excluding hydrogens is 406 g/mol. The molecule has 1 amide bonds. The Morgan fingerprint density at radius 2 is 1.90 bits per heavy atom. The van der Waals surface area contributed by atoms with E-state index < -0.39 is 0 Å². The SMILES string of the molecule is C[C@@H]1CC[C@@H](C(N)=O)CN1c1nc(-c2ccccn2)nc2scc(-c3ccccc3)c12. The molecule has 5 rings (SSSR count). The van der Waals surface area contributed by atoms with Crippen molar-refractivity contribution >= 4 is 33.3 Å². The van der Waals surface area contributed by atoms with Crippen LogP contribution in [0, 0.1) is 5.92 Å². The van der Waals surface area contributed by atoms with E-state index in [1.54, 1.807) is 17.5 Å². The summed E-state index contributed by atoms with van der Waals surface area (Å²) >= 11 is 1.61. The van der Waals surface area contributed by atoms with Crippen LogP contribution in [0.15, 0.2) is 60.1 Å². The number of carbonyl (C=O) groups excluding carboxylic acids is 1. The van der Waals surface area contributed by atoms with Crippen LogP contribution in [0.3, 0.4) is 0 Å². The van der Waals surface area contributed by atoms with E-state index in [0.29, 0.717) is 12.4 Å². The van der Waals surface area contributed by atoms with Gasteiger partial charge in [-0.05, 0) is 37.5 Å². The molecule has 0 spiro atoms. The quantitative estimate of drug-likeness (QED) is 0.516. The van der Waals surface area contributed by atoms with Crippen LogP contribution in [0.2, 0.25) is 0 Å². The number of hydrogen-bond donors (Lipinski definition) is 1. The second-order valence-electron chi connectivity index (χ2n) is 7.96. The third-order valence-corrected chi connectivity index (χ3v) is 6.82. The van der Waals surface area contributed by atoms with Crippen molar-refractivity contribution in [1.82, 2.24) is 15.0 Å². The Morgan fingerprint density at radius 1 is 1.10 bits per heavy atom. The molecule has 156 valence electrons. The van der Waals surface area contributed by atoms with Crippen LogP contribution < -0.4 is 10.6 Å². The first kappa shape index (κ1) is 19.6. The van der Waals surface area contributed by atoms with Crippen molar-refractivity contribution in [2.24, 2.45) is 11.7 Å². The van der Waals surface area contributed by atoms with Gasteiger partial charge in [0.15, 0.2) is 5.82 Å². The molecule has 0 unspecified atom stereocenters. The van der Waals surface area contributed by atoms with Crippen LogP contribution in [-0.2, 0) is 4.79 Å². The molecule has 2 N–H and O–H groups in total. The molecule has 4 aromatic rings. The van der Waals surface area contributed by atoms with Crippen molar-refractivity contribution in [3.05, 3.63) is 60.1 Å². The van der Waals surface area contributed by atoms with Crippen molar-refractivity contribution in [1.29, 1.82) is 0 Å². The maximum absolute atomic E-state index is 12.0. The average molecular weight is 430 g/mol. The summed E-state index contributed by atoms with van der Waals surface area (Å²) in [5, 5.41) is 3.16. The molecule has 1 saturated heterocycles. The number of benzene rings is 1. The maximum atomic E-state index is 12.0. The lowest BCUT2D eigenvalue weighted by molar-refractivity contribution is -0.122. The fourth-order valence-corrected chi connectivity index (χ4v) is 5.15. The smallest absolute Gasteiger partial charge is 0.222 e. The summed E-state index contributed by atoms with van der Waals surface area (Å²) in [5.74, 6) is 1.02. The topological polar surface area (TPSA) is 85.0 Å². The molecule has 3 aromatic heterocycles. The molecule has 1 aromatic carbocycles. The van der Waals surface area contributed by atoms with Gasteiger partial charge >= 0.3 is 0 Å². The predicted molar refractivity (Wildman–Crippen MR) is 125 cm³/mol.